The summed E-state index contributed by atoms with van der Waals surface area (Å²) < 4.78 is 6.20. The van der Waals surface area contributed by atoms with E-state index in [1.807, 2.05) is 24.3 Å². The molecular weight excluding hydrogens is 372 g/mol. The van der Waals surface area contributed by atoms with Crippen LogP contribution in [0.15, 0.2) is 54.6 Å². The summed E-state index contributed by atoms with van der Waals surface area (Å²) in [6.07, 6.45) is 15.4. The molecule has 0 amide bonds. The number of rotatable bonds is 14. The fourth-order valence-electron chi connectivity index (χ4n) is 3.39. The number of aryl methyl sites for hydroxylation is 1. The molecule has 0 atom stereocenters. The maximum absolute atomic E-state index is 6.20. The van der Waals surface area contributed by atoms with E-state index >= 15 is 0 Å². The number of thiocarbonyl (C=S) groups is 1. The summed E-state index contributed by atoms with van der Waals surface area (Å²) in [5.41, 5.74) is 3.52. The van der Waals surface area contributed by atoms with Gasteiger partial charge in [-0.15, -0.1) is 0 Å². The summed E-state index contributed by atoms with van der Waals surface area (Å²) in [6.45, 7) is 5.26. The first kappa shape index (κ1) is 23.3. The number of ether oxygens (including phenoxy) is 1. The Balaban J connectivity index is 1.94. The first-order valence-electron chi connectivity index (χ1n) is 11.3. The predicted octanol–water partition coefficient (Wildman–Crippen LogP) is 8.20. The molecule has 0 fully saturated rings. The number of hydrogen-bond acceptors (Lipinski definition) is 2. The maximum Gasteiger partial charge on any atom is 0.126 e. The van der Waals surface area contributed by atoms with E-state index in [1.165, 1.54) is 44.1 Å². The molecule has 0 aliphatic heterocycles. The smallest absolute Gasteiger partial charge is 0.126 e. The third kappa shape index (κ3) is 8.95. The third-order valence-electron chi connectivity index (χ3n) is 5.09. The Kier molecular flexibility index (Phi) is 11.4. The fraction of sp³-hybridized carbons (Fsp3) is 0.444. The molecule has 0 saturated carbocycles. The SMILES string of the molecule is CCCCCCCCCOc1cc(CCC)ccc1C=CC(=S)c1ccccc1. The van der Waals surface area contributed by atoms with Crippen molar-refractivity contribution in [2.45, 2.75) is 71.6 Å². The first-order valence-corrected chi connectivity index (χ1v) is 11.7. The summed E-state index contributed by atoms with van der Waals surface area (Å²) in [4.78, 5) is 0.848. The Morgan fingerprint density at radius 1 is 0.862 bits per heavy atom. The van der Waals surface area contributed by atoms with Crippen LogP contribution in [-0.4, -0.2) is 11.5 Å². The molecule has 1 nitrogen and oxygen atoms in total. The average molecular weight is 409 g/mol. The number of hydrogen-bond donors (Lipinski definition) is 0. The van der Waals surface area contributed by atoms with E-state index in [1.54, 1.807) is 0 Å². The van der Waals surface area contributed by atoms with E-state index in [-0.39, 0.29) is 0 Å². The van der Waals surface area contributed by atoms with Crippen LogP contribution < -0.4 is 4.74 Å². The Bertz CT molecular complexity index is 748. The normalized spacial score (nSPS) is 11.1. The monoisotopic (exact) mass is 408 g/mol. The summed E-state index contributed by atoms with van der Waals surface area (Å²) in [7, 11) is 0. The van der Waals surface area contributed by atoms with Gasteiger partial charge in [-0.25, -0.2) is 0 Å². The summed E-state index contributed by atoms with van der Waals surface area (Å²) >= 11 is 5.57. The molecule has 0 radical (unpaired) electrons. The molecule has 2 aromatic carbocycles. The minimum absolute atomic E-state index is 0.785. The molecule has 0 aromatic heterocycles. The second-order valence-corrected chi connectivity index (χ2v) is 8.10. The summed E-state index contributed by atoms with van der Waals surface area (Å²) in [5, 5.41) is 0. The number of allylic oxidation sites excluding steroid dienone is 1. The second kappa shape index (κ2) is 14.1. The van der Waals surface area contributed by atoms with Gasteiger partial charge in [0.2, 0.25) is 0 Å². The molecule has 0 N–H and O–H groups in total. The van der Waals surface area contributed by atoms with E-state index < -0.39 is 0 Å². The van der Waals surface area contributed by atoms with Crippen LogP contribution in [0, 0.1) is 0 Å². The molecule has 156 valence electrons. The van der Waals surface area contributed by atoms with Gasteiger partial charge in [-0.3, -0.25) is 0 Å². The van der Waals surface area contributed by atoms with Crippen LogP contribution in [0.5, 0.6) is 5.75 Å². The van der Waals surface area contributed by atoms with Crippen LogP contribution in [0.2, 0.25) is 0 Å². The van der Waals surface area contributed by atoms with Crippen molar-refractivity contribution in [3.8, 4) is 5.75 Å². The van der Waals surface area contributed by atoms with Gasteiger partial charge in [-0.05, 0) is 42.2 Å². The van der Waals surface area contributed by atoms with Gasteiger partial charge in [0.05, 0.1) is 6.61 Å². The Labute approximate surface area is 183 Å². The lowest BCUT2D eigenvalue weighted by Gasteiger charge is -2.12. The quantitative estimate of drug-likeness (QED) is 0.135. The van der Waals surface area contributed by atoms with E-state index in [2.05, 4.69) is 50.3 Å². The highest BCUT2D eigenvalue weighted by Gasteiger charge is 2.05. The Hall–Kier alpha value is -1.93. The van der Waals surface area contributed by atoms with Crippen molar-refractivity contribution in [1.82, 2.24) is 0 Å². The van der Waals surface area contributed by atoms with Crippen molar-refractivity contribution in [1.29, 1.82) is 0 Å². The van der Waals surface area contributed by atoms with Crippen molar-refractivity contribution < 1.29 is 4.74 Å². The molecule has 0 aliphatic rings. The van der Waals surface area contributed by atoms with Crippen LogP contribution >= 0.6 is 12.2 Å². The zero-order chi connectivity index (χ0) is 20.7. The highest BCUT2D eigenvalue weighted by molar-refractivity contribution is 7.81. The molecule has 0 saturated heterocycles. The molecule has 2 rings (SSSR count). The maximum atomic E-state index is 6.20. The molecule has 2 aromatic rings. The van der Waals surface area contributed by atoms with Gasteiger partial charge in [0, 0.05) is 10.4 Å². The molecule has 0 bridgehead atoms. The highest BCUT2D eigenvalue weighted by atomic mass is 32.1. The van der Waals surface area contributed by atoms with Gasteiger partial charge < -0.3 is 4.74 Å². The van der Waals surface area contributed by atoms with Gasteiger partial charge in [0.15, 0.2) is 0 Å². The number of unbranched alkanes of at least 4 members (excludes halogenated alkanes) is 6. The summed E-state index contributed by atoms with van der Waals surface area (Å²) in [6, 6.07) is 16.7. The van der Waals surface area contributed by atoms with Crippen molar-refractivity contribution in [2.24, 2.45) is 0 Å². The van der Waals surface area contributed by atoms with Gasteiger partial charge in [-0.1, -0.05) is 113 Å². The van der Waals surface area contributed by atoms with Crippen molar-refractivity contribution in [3.63, 3.8) is 0 Å². The minimum atomic E-state index is 0.785. The van der Waals surface area contributed by atoms with Gasteiger partial charge in [0.1, 0.15) is 5.75 Å². The standard InChI is InChI=1S/C27H36OS/c1-3-5-6-7-8-9-13-21-28-26-22-23(14-4-2)17-18-24(26)19-20-27(29)25-15-11-10-12-16-25/h10-12,15-20,22H,3-9,13-14,21H2,1-2H3. The molecule has 0 aliphatic carbocycles. The molecule has 29 heavy (non-hydrogen) atoms. The molecule has 0 spiro atoms. The van der Waals surface area contributed by atoms with E-state index in [4.69, 9.17) is 17.0 Å². The topological polar surface area (TPSA) is 9.23 Å². The lowest BCUT2D eigenvalue weighted by atomic mass is 10.0. The number of benzene rings is 2. The van der Waals surface area contributed by atoms with Crippen LogP contribution in [0.4, 0.5) is 0 Å². The molecular formula is C27H36OS. The third-order valence-corrected chi connectivity index (χ3v) is 5.47. The first-order chi connectivity index (χ1) is 14.2. The van der Waals surface area contributed by atoms with E-state index in [0.717, 1.165) is 47.6 Å². The van der Waals surface area contributed by atoms with E-state index in [0.29, 0.717) is 0 Å². The summed E-state index contributed by atoms with van der Waals surface area (Å²) in [5.74, 6) is 0.981. The molecule has 0 unspecified atom stereocenters. The lowest BCUT2D eigenvalue weighted by Crippen LogP contribution is -2.00. The molecule has 2 heteroatoms. The lowest BCUT2D eigenvalue weighted by molar-refractivity contribution is 0.303. The van der Waals surface area contributed by atoms with Crippen molar-refractivity contribution >= 4 is 23.2 Å². The van der Waals surface area contributed by atoms with Crippen LogP contribution in [0.3, 0.4) is 0 Å². The Morgan fingerprint density at radius 3 is 2.31 bits per heavy atom. The molecule has 0 heterocycles. The van der Waals surface area contributed by atoms with Crippen LogP contribution in [-0.2, 0) is 6.42 Å². The zero-order valence-corrected chi connectivity index (χ0v) is 19.0. The van der Waals surface area contributed by atoms with E-state index in [9.17, 15) is 0 Å². The fourth-order valence-corrected chi connectivity index (χ4v) is 3.60. The second-order valence-electron chi connectivity index (χ2n) is 7.66. The average Bonchev–Trinajstić information content (AvgIpc) is 2.75. The van der Waals surface area contributed by atoms with Gasteiger partial charge in [0.25, 0.3) is 0 Å². The Morgan fingerprint density at radius 2 is 1.59 bits per heavy atom. The van der Waals surface area contributed by atoms with Gasteiger partial charge in [-0.2, -0.15) is 0 Å². The predicted molar refractivity (Wildman–Crippen MR) is 131 cm³/mol. The minimum Gasteiger partial charge on any atom is -0.493 e. The van der Waals surface area contributed by atoms with Crippen LogP contribution in [0.25, 0.3) is 6.08 Å². The van der Waals surface area contributed by atoms with Crippen molar-refractivity contribution in [2.75, 3.05) is 6.61 Å². The van der Waals surface area contributed by atoms with Crippen LogP contribution in [0.1, 0.15) is 81.9 Å². The zero-order valence-electron chi connectivity index (χ0n) is 18.2. The van der Waals surface area contributed by atoms with Crippen molar-refractivity contribution in [3.05, 3.63) is 71.3 Å². The largest absolute Gasteiger partial charge is 0.493 e. The van der Waals surface area contributed by atoms with Gasteiger partial charge >= 0.3 is 0 Å². The highest BCUT2D eigenvalue weighted by Crippen LogP contribution is 2.24.